The van der Waals surface area contributed by atoms with E-state index in [1.165, 1.54) is 5.56 Å². The van der Waals surface area contributed by atoms with Crippen LogP contribution in [0.5, 0.6) is 0 Å². The molecule has 108 valence electrons. The molecule has 2 N–H and O–H groups in total. The van der Waals surface area contributed by atoms with Crippen LogP contribution in [0.1, 0.15) is 56.3 Å². The third-order valence-electron chi connectivity index (χ3n) is 3.78. The Labute approximate surface area is 121 Å². The van der Waals surface area contributed by atoms with Crippen LogP contribution in [-0.2, 0) is 18.9 Å². The highest BCUT2D eigenvalue weighted by Crippen LogP contribution is 2.25. The van der Waals surface area contributed by atoms with Gasteiger partial charge in [-0.1, -0.05) is 52.0 Å². The lowest BCUT2D eigenvalue weighted by atomic mass is 9.86. The summed E-state index contributed by atoms with van der Waals surface area (Å²) in [5, 5.41) is 4.47. The minimum Gasteiger partial charge on any atom is -0.319 e. The van der Waals surface area contributed by atoms with Gasteiger partial charge in [-0.3, -0.25) is 4.68 Å². The lowest BCUT2D eigenvalue weighted by Gasteiger charge is -2.20. The van der Waals surface area contributed by atoms with Gasteiger partial charge in [0.2, 0.25) is 0 Å². The lowest BCUT2D eigenvalue weighted by Crippen LogP contribution is -2.17. The molecule has 0 bridgehead atoms. The second-order valence-electron chi connectivity index (χ2n) is 6.39. The van der Waals surface area contributed by atoms with Gasteiger partial charge in [-0.2, -0.15) is 5.10 Å². The van der Waals surface area contributed by atoms with Gasteiger partial charge < -0.3 is 5.73 Å². The highest BCUT2D eigenvalue weighted by Gasteiger charge is 2.17. The Kier molecular flexibility index (Phi) is 4.00. The molecule has 0 saturated heterocycles. The molecule has 3 heteroatoms. The fraction of sp³-hybridized carbons (Fsp3) is 0.471. The Morgan fingerprint density at radius 2 is 1.80 bits per heavy atom. The summed E-state index contributed by atoms with van der Waals surface area (Å²) in [4.78, 5) is 0. The standard InChI is InChI=1S/C17H25N3/c1-6-14-11-15(20(5)19-14)16(18)12-7-9-13(10-8-12)17(2,3)4/h7-11,16H,6,18H2,1-5H3. The van der Waals surface area contributed by atoms with E-state index >= 15 is 0 Å². The number of nitrogens with two attached hydrogens (primary N) is 1. The van der Waals surface area contributed by atoms with Gasteiger partial charge in [0.05, 0.1) is 17.4 Å². The fourth-order valence-electron chi connectivity index (χ4n) is 2.37. The zero-order chi connectivity index (χ0) is 14.9. The van der Waals surface area contributed by atoms with Gasteiger partial charge >= 0.3 is 0 Å². The van der Waals surface area contributed by atoms with Crippen LogP contribution in [-0.4, -0.2) is 9.78 Å². The topological polar surface area (TPSA) is 43.8 Å². The molecule has 1 unspecified atom stereocenters. The molecule has 3 nitrogen and oxygen atoms in total. The molecule has 0 amide bonds. The molecule has 0 spiro atoms. The van der Waals surface area contributed by atoms with Crippen molar-refractivity contribution in [3.63, 3.8) is 0 Å². The van der Waals surface area contributed by atoms with Crippen LogP contribution < -0.4 is 5.73 Å². The molecule has 1 aromatic heterocycles. The van der Waals surface area contributed by atoms with E-state index in [2.05, 4.69) is 63.1 Å². The van der Waals surface area contributed by atoms with E-state index in [0.717, 1.165) is 23.4 Å². The van der Waals surface area contributed by atoms with Crippen molar-refractivity contribution >= 4 is 0 Å². The molecular formula is C17H25N3. The Balaban J connectivity index is 2.29. The van der Waals surface area contributed by atoms with Crippen molar-refractivity contribution in [3.05, 3.63) is 52.8 Å². The van der Waals surface area contributed by atoms with Crippen molar-refractivity contribution in [1.82, 2.24) is 9.78 Å². The van der Waals surface area contributed by atoms with Crippen LogP contribution >= 0.6 is 0 Å². The maximum absolute atomic E-state index is 6.38. The van der Waals surface area contributed by atoms with Gasteiger partial charge in [-0.15, -0.1) is 0 Å². The third kappa shape index (κ3) is 2.93. The highest BCUT2D eigenvalue weighted by molar-refractivity contribution is 5.33. The van der Waals surface area contributed by atoms with E-state index in [1.54, 1.807) is 0 Å². The molecule has 2 aromatic rings. The van der Waals surface area contributed by atoms with Crippen LogP contribution in [0.3, 0.4) is 0 Å². The number of benzene rings is 1. The second kappa shape index (κ2) is 5.41. The SMILES string of the molecule is CCc1cc(C(N)c2ccc(C(C)(C)C)cc2)n(C)n1. The molecule has 0 fully saturated rings. The van der Waals surface area contributed by atoms with Gasteiger partial charge in [-0.25, -0.2) is 0 Å². The maximum Gasteiger partial charge on any atom is 0.0723 e. The summed E-state index contributed by atoms with van der Waals surface area (Å²) >= 11 is 0. The summed E-state index contributed by atoms with van der Waals surface area (Å²) in [6, 6.07) is 10.6. The minimum absolute atomic E-state index is 0.123. The van der Waals surface area contributed by atoms with Crippen molar-refractivity contribution in [2.75, 3.05) is 0 Å². The Morgan fingerprint density at radius 1 is 1.20 bits per heavy atom. The Bertz CT molecular complexity index is 573. The average Bonchev–Trinajstić information content (AvgIpc) is 2.78. The van der Waals surface area contributed by atoms with Gasteiger partial charge in [0, 0.05) is 7.05 Å². The summed E-state index contributed by atoms with van der Waals surface area (Å²) in [5.41, 5.74) is 11.2. The number of hydrogen-bond acceptors (Lipinski definition) is 2. The van der Waals surface area contributed by atoms with Gasteiger partial charge in [-0.05, 0) is 29.0 Å². The molecule has 1 atom stereocenters. The van der Waals surface area contributed by atoms with Crippen molar-refractivity contribution in [1.29, 1.82) is 0 Å². The summed E-state index contributed by atoms with van der Waals surface area (Å²) in [6.45, 7) is 8.76. The number of aryl methyl sites for hydroxylation is 2. The Hall–Kier alpha value is -1.61. The van der Waals surface area contributed by atoms with Crippen LogP contribution in [0.2, 0.25) is 0 Å². The minimum atomic E-state index is -0.123. The zero-order valence-electron chi connectivity index (χ0n) is 13.1. The van der Waals surface area contributed by atoms with Crippen LogP contribution in [0.25, 0.3) is 0 Å². The van der Waals surface area contributed by atoms with Crippen LogP contribution in [0, 0.1) is 0 Å². The van der Waals surface area contributed by atoms with Gasteiger partial charge in [0.25, 0.3) is 0 Å². The van der Waals surface area contributed by atoms with E-state index in [4.69, 9.17) is 5.73 Å². The zero-order valence-corrected chi connectivity index (χ0v) is 13.1. The molecule has 0 aliphatic rings. The molecule has 0 aliphatic carbocycles. The summed E-state index contributed by atoms with van der Waals surface area (Å²) in [5.74, 6) is 0. The normalized spacial score (nSPS) is 13.5. The van der Waals surface area contributed by atoms with Gasteiger partial charge in [0.15, 0.2) is 0 Å². The van der Waals surface area contributed by atoms with Crippen molar-refractivity contribution in [2.24, 2.45) is 12.8 Å². The smallest absolute Gasteiger partial charge is 0.0723 e. The predicted octanol–water partition coefficient (Wildman–Crippen LogP) is 3.33. The lowest BCUT2D eigenvalue weighted by molar-refractivity contribution is 0.589. The fourth-order valence-corrected chi connectivity index (χ4v) is 2.37. The number of rotatable bonds is 3. The van der Waals surface area contributed by atoms with Crippen molar-refractivity contribution in [2.45, 2.75) is 45.6 Å². The first-order valence-corrected chi connectivity index (χ1v) is 7.21. The highest BCUT2D eigenvalue weighted by atomic mass is 15.3. The molecule has 1 aromatic carbocycles. The molecule has 2 rings (SSSR count). The van der Waals surface area contributed by atoms with E-state index in [-0.39, 0.29) is 11.5 Å². The molecule has 0 saturated carbocycles. The van der Waals surface area contributed by atoms with Crippen molar-refractivity contribution in [3.8, 4) is 0 Å². The second-order valence-corrected chi connectivity index (χ2v) is 6.39. The monoisotopic (exact) mass is 271 g/mol. The first-order chi connectivity index (χ1) is 9.32. The van der Waals surface area contributed by atoms with E-state index < -0.39 is 0 Å². The first kappa shape index (κ1) is 14.8. The maximum atomic E-state index is 6.38. The van der Waals surface area contributed by atoms with Gasteiger partial charge in [0.1, 0.15) is 0 Å². The molecule has 20 heavy (non-hydrogen) atoms. The van der Waals surface area contributed by atoms with E-state index in [1.807, 2.05) is 11.7 Å². The molecule has 1 heterocycles. The van der Waals surface area contributed by atoms with E-state index in [9.17, 15) is 0 Å². The van der Waals surface area contributed by atoms with Crippen LogP contribution in [0.15, 0.2) is 30.3 Å². The quantitative estimate of drug-likeness (QED) is 0.930. The Morgan fingerprint density at radius 3 is 2.25 bits per heavy atom. The summed E-state index contributed by atoms with van der Waals surface area (Å²) in [6.07, 6.45) is 0.934. The molecular weight excluding hydrogens is 246 g/mol. The van der Waals surface area contributed by atoms with E-state index in [0.29, 0.717) is 0 Å². The number of nitrogens with zero attached hydrogens (tertiary/aromatic N) is 2. The first-order valence-electron chi connectivity index (χ1n) is 7.21. The number of aromatic nitrogens is 2. The molecule has 0 radical (unpaired) electrons. The third-order valence-corrected chi connectivity index (χ3v) is 3.78. The summed E-state index contributed by atoms with van der Waals surface area (Å²) in [7, 11) is 1.96. The average molecular weight is 271 g/mol. The molecule has 0 aliphatic heterocycles. The largest absolute Gasteiger partial charge is 0.319 e. The van der Waals surface area contributed by atoms with Crippen molar-refractivity contribution < 1.29 is 0 Å². The summed E-state index contributed by atoms with van der Waals surface area (Å²) < 4.78 is 1.89. The van der Waals surface area contributed by atoms with Crippen LogP contribution in [0.4, 0.5) is 0 Å². The number of hydrogen-bond donors (Lipinski definition) is 1. The predicted molar refractivity (Wildman–Crippen MR) is 83.8 cm³/mol.